The highest BCUT2D eigenvalue weighted by Crippen LogP contribution is 2.28. The standard InChI is InChI=1S/C14H12N4O2/c1-8-4-5-16-11(6-8)13-17-14(20-18-13)9-2-3-10(15)12(19)7-9/h2-7,19H,15H2,1H3. The number of pyridine rings is 1. The molecule has 0 unspecified atom stereocenters. The fourth-order valence-electron chi connectivity index (χ4n) is 1.78. The van der Waals surface area contributed by atoms with Gasteiger partial charge in [0.25, 0.3) is 5.89 Å². The van der Waals surface area contributed by atoms with E-state index >= 15 is 0 Å². The maximum atomic E-state index is 9.59. The first-order valence-corrected chi connectivity index (χ1v) is 5.99. The molecule has 2 aromatic heterocycles. The lowest BCUT2D eigenvalue weighted by Crippen LogP contribution is -1.87. The monoisotopic (exact) mass is 268 g/mol. The molecule has 0 aliphatic rings. The van der Waals surface area contributed by atoms with Crippen molar-refractivity contribution in [1.29, 1.82) is 0 Å². The Bertz CT molecular complexity index is 767. The van der Waals surface area contributed by atoms with Crippen LogP contribution >= 0.6 is 0 Å². The molecule has 0 saturated heterocycles. The molecule has 0 atom stereocenters. The Morgan fingerprint density at radius 2 is 2.05 bits per heavy atom. The van der Waals surface area contributed by atoms with Gasteiger partial charge in [0.05, 0.1) is 5.69 Å². The summed E-state index contributed by atoms with van der Waals surface area (Å²) >= 11 is 0. The lowest BCUT2D eigenvalue weighted by atomic mass is 10.2. The van der Waals surface area contributed by atoms with Gasteiger partial charge < -0.3 is 15.4 Å². The number of nitrogen functional groups attached to an aromatic ring is 1. The molecule has 0 bridgehead atoms. The third kappa shape index (κ3) is 2.18. The molecule has 100 valence electrons. The summed E-state index contributed by atoms with van der Waals surface area (Å²) in [6.45, 7) is 1.96. The number of nitrogens with zero attached hydrogens (tertiary/aromatic N) is 3. The number of phenolic OH excluding ortho intramolecular Hbond substituents is 1. The molecule has 0 radical (unpaired) electrons. The van der Waals surface area contributed by atoms with Gasteiger partial charge >= 0.3 is 0 Å². The third-order valence-electron chi connectivity index (χ3n) is 2.85. The number of hydrogen-bond acceptors (Lipinski definition) is 6. The van der Waals surface area contributed by atoms with Crippen LogP contribution in [0.4, 0.5) is 5.69 Å². The highest BCUT2D eigenvalue weighted by molar-refractivity contribution is 5.65. The van der Waals surface area contributed by atoms with Crippen LogP contribution in [0.3, 0.4) is 0 Å². The molecular formula is C14H12N4O2. The van der Waals surface area contributed by atoms with Crippen molar-refractivity contribution >= 4 is 5.69 Å². The van der Waals surface area contributed by atoms with Gasteiger partial charge in [-0.1, -0.05) is 5.16 Å². The van der Waals surface area contributed by atoms with Crippen LogP contribution in [0.25, 0.3) is 23.0 Å². The Kier molecular flexibility index (Phi) is 2.83. The summed E-state index contributed by atoms with van der Waals surface area (Å²) < 4.78 is 5.19. The van der Waals surface area contributed by atoms with Gasteiger partial charge in [-0.2, -0.15) is 4.98 Å². The fraction of sp³-hybridized carbons (Fsp3) is 0.0714. The number of aryl methyl sites for hydroxylation is 1. The Balaban J connectivity index is 1.99. The Morgan fingerprint density at radius 3 is 2.80 bits per heavy atom. The first-order chi connectivity index (χ1) is 9.63. The van der Waals surface area contributed by atoms with Gasteiger partial charge in [0.1, 0.15) is 11.4 Å². The number of rotatable bonds is 2. The van der Waals surface area contributed by atoms with E-state index in [2.05, 4.69) is 15.1 Å². The summed E-state index contributed by atoms with van der Waals surface area (Å²) in [5.41, 5.74) is 8.15. The molecule has 6 heteroatoms. The maximum Gasteiger partial charge on any atom is 0.258 e. The molecule has 6 nitrogen and oxygen atoms in total. The summed E-state index contributed by atoms with van der Waals surface area (Å²) in [5, 5.41) is 13.5. The van der Waals surface area contributed by atoms with E-state index in [1.165, 1.54) is 6.07 Å². The second-order valence-corrected chi connectivity index (χ2v) is 4.42. The van der Waals surface area contributed by atoms with Gasteiger partial charge in [0.2, 0.25) is 5.82 Å². The maximum absolute atomic E-state index is 9.59. The molecule has 1 aromatic carbocycles. The van der Waals surface area contributed by atoms with Crippen LogP contribution in [0.2, 0.25) is 0 Å². The zero-order valence-electron chi connectivity index (χ0n) is 10.7. The van der Waals surface area contributed by atoms with Gasteiger partial charge in [-0.05, 0) is 42.8 Å². The number of nitrogens with two attached hydrogens (primary N) is 1. The van der Waals surface area contributed by atoms with Gasteiger partial charge in [0, 0.05) is 11.8 Å². The number of aromatic nitrogens is 3. The van der Waals surface area contributed by atoms with E-state index in [4.69, 9.17) is 10.3 Å². The van der Waals surface area contributed by atoms with Crippen LogP contribution in [-0.2, 0) is 0 Å². The topological polar surface area (TPSA) is 98.1 Å². The summed E-state index contributed by atoms with van der Waals surface area (Å²) in [7, 11) is 0. The van der Waals surface area contributed by atoms with Gasteiger partial charge in [-0.25, -0.2) is 0 Å². The average Bonchev–Trinajstić information content (AvgIpc) is 2.92. The van der Waals surface area contributed by atoms with E-state index < -0.39 is 0 Å². The van der Waals surface area contributed by atoms with Crippen LogP contribution in [0.5, 0.6) is 5.75 Å². The molecule has 2 heterocycles. The molecule has 0 fully saturated rings. The normalized spacial score (nSPS) is 10.7. The van der Waals surface area contributed by atoms with E-state index in [0.29, 0.717) is 28.7 Å². The van der Waals surface area contributed by atoms with Gasteiger partial charge in [-0.15, -0.1) is 0 Å². The second kappa shape index (κ2) is 4.65. The first kappa shape index (κ1) is 12.2. The Hall–Kier alpha value is -2.89. The number of anilines is 1. The van der Waals surface area contributed by atoms with Gasteiger partial charge in [0.15, 0.2) is 0 Å². The third-order valence-corrected chi connectivity index (χ3v) is 2.85. The van der Waals surface area contributed by atoms with Crippen LogP contribution in [-0.4, -0.2) is 20.2 Å². The smallest absolute Gasteiger partial charge is 0.258 e. The van der Waals surface area contributed by atoms with Crippen LogP contribution in [0.1, 0.15) is 5.56 Å². The van der Waals surface area contributed by atoms with Crippen molar-refractivity contribution in [2.24, 2.45) is 0 Å². The highest BCUT2D eigenvalue weighted by atomic mass is 16.5. The van der Waals surface area contributed by atoms with Crippen molar-refractivity contribution in [3.8, 4) is 28.7 Å². The molecule has 3 aromatic rings. The van der Waals surface area contributed by atoms with E-state index in [9.17, 15) is 5.11 Å². The molecule has 0 saturated carbocycles. The van der Waals surface area contributed by atoms with E-state index in [0.717, 1.165) is 5.56 Å². The summed E-state index contributed by atoms with van der Waals surface area (Å²) in [6, 6.07) is 8.53. The average molecular weight is 268 g/mol. The predicted octanol–water partition coefficient (Wildman–Crippen LogP) is 2.39. The van der Waals surface area contributed by atoms with Crippen molar-refractivity contribution in [3.63, 3.8) is 0 Å². The molecule has 3 rings (SSSR count). The van der Waals surface area contributed by atoms with Crippen molar-refractivity contribution in [1.82, 2.24) is 15.1 Å². The number of benzene rings is 1. The zero-order valence-corrected chi connectivity index (χ0v) is 10.7. The minimum Gasteiger partial charge on any atom is -0.506 e. The minimum absolute atomic E-state index is 0.0177. The molecule has 0 spiro atoms. The summed E-state index contributed by atoms with van der Waals surface area (Å²) in [4.78, 5) is 8.46. The van der Waals surface area contributed by atoms with Gasteiger partial charge in [-0.3, -0.25) is 4.98 Å². The van der Waals surface area contributed by atoms with Crippen molar-refractivity contribution in [2.75, 3.05) is 5.73 Å². The van der Waals surface area contributed by atoms with E-state index in [1.807, 2.05) is 19.1 Å². The number of hydrogen-bond donors (Lipinski definition) is 2. The Labute approximate surface area is 114 Å². The predicted molar refractivity (Wildman–Crippen MR) is 73.8 cm³/mol. The summed E-state index contributed by atoms with van der Waals surface area (Å²) in [6.07, 6.45) is 1.69. The number of aromatic hydroxyl groups is 1. The quantitative estimate of drug-likeness (QED) is 0.547. The largest absolute Gasteiger partial charge is 0.506 e. The van der Waals surface area contributed by atoms with Crippen molar-refractivity contribution in [3.05, 3.63) is 42.1 Å². The minimum atomic E-state index is -0.0177. The van der Waals surface area contributed by atoms with Crippen molar-refractivity contribution in [2.45, 2.75) is 6.92 Å². The zero-order chi connectivity index (χ0) is 14.1. The molecule has 0 amide bonds. The van der Waals surface area contributed by atoms with Crippen LogP contribution in [0, 0.1) is 6.92 Å². The lowest BCUT2D eigenvalue weighted by Gasteiger charge is -1.99. The van der Waals surface area contributed by atoms with Crippen molar-refractivity contribution < 1.29 is 9.63 Å². The summed E-state index contributed by atoms with van der Waals surface area (Å²) in [5.74, 6) is 0.689. The number of phenols is 1. The Morgan fingerprint density at radius 1 is 1.20 bits per heavy atom. The second-order valence-electron chi connectivity index (χ2n) is 4.42. The SMILES string of the molecule is Cc1ccnc(-c2noc(-c3ccc(N)c(O)c3)n2)c1. The van der Waals surface area contributed by atoms with E-state index in [1.54, 1.807) is 18.3 Å². The molecule has 0 aliphatic heterocycles. The van der Waals surface area contributed by atoms with Crippen LogP contribution in [0.15, 0.2) is 41.1 Å². The molecule has 0 aliphatic carbocycles. The van der Waals surface area contributed by atoms with Crippen LogP contribution < -0.4 is 5.73 Å². The molecule has 3 N–H and O–H groups in total. The highest BCUT2D eigenvalue weighted by Gasteiger charge is 2.12. The molecule has 20 heavy (non-hydrogen) atoms. The molecular weight excluding hydrogens is 256 g/mol. The first-order valence-electron chi connectivity index (χ1n) is 5.99. The lowest BCUT2D eigenvalue weighted by molar-refractivity contribution is 0.431. The van der Waals surface area contributed by atoms with E-state index in [-0.39, 0.29) is 5.75 Å². The fourth-order valence-corrected chi connectivity index (χ4v) is 1.78.